The molecule has 0 fully saturated rings. The average Bonchev–Trinajstić information content (AvgIpc) is 2.36. The van der Waals surface area contributed by atoms with E-state index in [4.69, 9.17) is 0 Å². The topological polar surface area (TPSA) is 38.6 Å². The highest BCUT2D eigenvalue weighted by molar-refractivity contribution is 7.76. The molecule has 1 rings (SSSR count). The van der Waals surface area contributed by atoms with Gasteiger partial charge in [0, 0.05) is 0 Å². The van der Waals surface area contributed by atoms with Gasteiger partial charge in [-0.1, -0.05) is 17.7 Å². The Bertz CT molecular complexity index is 577. The Hall–Kier alpha value is -1.16. The molecule has 0 spiro atoms. The van der Waals surface area contributed by atoms with Crippen LogP contribution in [0.3, 0.4) is 0 Å². The van der Waals surface area contributed by atoms with Crippen LogP contribution in [0.15, 0.2) is 18.2 Å². The summed E-state index contributed by atoms with van der Waals surface area (Å²) in [6, 6.07) is 6.20. The van der Waals surface area contributed by atoms with Crippen molar-refractivity contribution >= 4 is 18.7 Å². The van der Waals surface area contributed by atoms with Crippen molar-refractivity contribution in [1.29, 1.82) is 0 Å². The summed E-state index contributed by atoms with van der Waals surface area (Å²) in [7, 11) is 8.35. The predicted molar refractivity (Wildman–Crippen MR) is 91.6 cm³/mol. The predicted octanol–water partition coefficient (Wildman–Crippen LogP) is 2.66. The number of aryl methyl sites for hydroxylation is 2. The van der Waals surface area contributed by atoms with Crippen LogP contribution < -0.4 is 5.32 Å². The molecule has 0 heterocycles. The molecule has 118 valence electrons. The van der Waals surface area contributed by atoms with Gasteiger partial charge in [-0.05, 0) is 53.7 Å². The van der Waals surface area contributed by atoms with Crippen molar-refractivity contribution in [3.63, 3.8) is 0 Å². The second kappa shape index (κ2) is 6.73. The Morgan fingerprint density at radius 1 is 1.10 bits per heavy atom. The SMILES string of the molecule is Cc1ccc(NC(=[N+](C)C)P(=O)(N(C)C)N(C)C)c(C)c1. The van der Waals surface area contributed by atoms with Gasteiger partial charge >= 0.3 is 13.0 Å². The summed E-state index contributed by atoms with van der Waals surface area (Å²) in [5.41, 5.74) is 4.03. The van der Waals surface area contributed by atoms with Crippen molar-refractivity contribution in [1.82, 2.24) is 9.34 Å². The monoisotopic (exact) mass is 311 g/mol. The molecule has 0 atom stereocenters. The van der Waals surface area contributed by atoms with Crippen LogP contribution in [0, 0.1) is 13.8 Å². The maximum absolute atomic E-state index is 13.4. The first kappa shape index (κ1) is 17.9. The van der Waals surface area contributed by atoms with Crippen LogP contribution in [0.4, 0.5) is 5.69 Å². The molecule has 0 radical (unpaired) electrons. The first-order valence-electron chi connectivity index (χ1n) is 6.95. The summed E-state index contributed by atoms with van der Waals surface area (Å²) in [5, 5.41) is 3.37. The maximum atomic E-state index is 13.4. The quantitative estimate of drug-likeness (QED) is 0.401. The van der Waals surface area contributed by atoms with Crippen LogP contribution >= 0.6 is 7.44 Å². The first-order valence-corrected chi connectivity index (χ1v) is 8.56. The van der Waals surface area contributed by atoms with E-state index in [1.165, 1.54) is 5.56 Å². The molecule has 0 aromatic heterocycles. The molecule has 0 unspecified atom stereocenters. The molecule has 0 aliphatic carbocycles. The molecule has 5 nitrogen and oxygen atoms in total. The minimum atomic E-state index is -2.83. The maximum Gasteiger partial charge on any atom is 0.338 e. The lowest BCUT2D eigenvalue weighted by atomic mass is 10.1. The third kappa shape index (κ3) is 3.73. The van der Waals surface area contributed by atoms with E-state index in [1.54, 1.807) is 9.34 Å². The van der Waals surface area contributed by atoms with Crippen molar-refractivity contribution in [2.75, 3.05) is 47.6 Å². The largest absolute Gasteiger partial charge is 0.338 e. The van der Waals surface area contributed by atoms with Crippen LogP contribution in [0.25, 0.3) is 0 Å². The molecule has 6 heteroatoms. The molecule has 21 heavy (non-hydrogen) atoms. The average molecular weight is 311 g/mol. The zero-order chi connectivity index (χ0) is 16.4. The lowest BCUT2D eigenvalue weighted by Crippen LogP contribution is -2.35. The van der Waals surface area contributed by atoms with E-state index in [2.05, 4.69) is 31.3 Å². The standard InChI is InChI=1S/C15H27N4OP/c1-12-9-10-14(13(2)11-12)16-15(17(3)4)21(20,18(5)6)19(7)8/h9-11H,1-8H3/p+1. The molecule has 1 aromatic carbocycles. The number of nitrogens with one attached hydrogen (secondary N) is 1. The van der Waals surface area contributed by atoms with E-state index in [-0.39, 0.29) is 0 Å². The normalized spacial score (nSPS) is 11.9. The summed E-state index contributed by atoms with van der Waals surface area (Å²) >= 11 is 0. The third-order valence-corrected chi connectivity index (χ3v) is 6.64. The summed E-state index contributed by atoms with van der Waals surface area (Å²) < 4.78 is 18.9. The lowest BCUT2D eigenvalue weighted by Gasteiger charge is -2.29. The van der Waals surface area contributed by atoms with E-state index >= 15 is 0 Å². The summed E-state index contributed by atoms with van der Waals surface area (Å²) in [6.45, 7) is 4.12. The number of anilines is 1. The van der Waals surface area contributed by atoms with Crippen molar-refractivity contribution in [3.05, 3.63) is 29.3 Å². The Morgan fingerprint density at radius 3 is 2.00 bits per heavy atom. The van der Waals surface area contributed by atoms with Crippen molar-refractivity contribution in [3.8, 4) is 0 Å². The lowest BCUT2D eigenvalue weighted by molar-refractivity contribution is -0.462. The Morgan fingerprint density at radius 2 is 1.62 bits per heavy atom. The third-order valence-electron chi connectivity index (χ3n) is 3.41. The zero-order valence-corrected chi connectivity index (χ0v) is 15.3. The minimum absolute atomic E-state index is 0.699. The number of benzene rings is 1. The van der Waals surface area contributed by atoms with E-state index in [0.717, 1.165) is 11.3 Å². The minimum Gasteiger partial charge on any atom is -0.275 e. The molecule has 0 bridgehead atoms. The highest BCUT2D eigenvalue weighted by Gasteiger charge is 2.41. The van der Waals surface area contributed by atoms with Crippen LogP contribution in [0.5, 0.6) is 0 Å². The smallest absolute Gasteiger partial charge is 0.275 e. The highest BCUT2D eigenvalue weighted by atomic mass is 31.2. The number of hydrogen-bond acceptors (Lipinski definition) is 1. The van der Waals surface area contributed by atoms with Gasteiger partial charge in [0.15, 0.2) is 0 Å². The molecule has 0 amide bonds. The Kier molecular flexibility index (Phi) is 5.74. The Balaban J connectivity index is 3.33. The summed E-state index contributed by atoms with van der Waals surface area (Å²) in [4.78, 5) is 0. The van der Waals surface area contributed by atoms with E-state index in [1.807, 2.05) is 52.9 Å². The molecule has 0 saturated carbocycles. The van der Waals surface area contributed by atoms with Gasteiger partial charge in [-0.15, -0.1) is 0 Å². The van der Waals surface area contributed by atoms with Gasteiger partial charge in [-0.25, -0.2) is 14.7 Å². The fourth-order valence-corrected chi connectivity index (χ4v) is 4.52. The van der Waals surface area contributed by atoms with Crippen LogP contribution in [-0.2, 0) is 4.57 Å². The second-order valence-corrected chi connectivity index (χ2v) is 9.01. The summed E-state index contributed by atoms with van der Waals surface area (Å²) in [6.07, 6.45) is 0. The van der Waals surface area contributed by atoms with E-state index in [9.17, 15) is 4.57 Å². The van der Waals surface area contributed by atoms with E-state index < -0.39 is 7.44 Å². The fraction of sp³-hybridized carbons (Fsp3) is 0.533. The van der Waals surface area contributed by atoms with Crippen molar-refractivity contribution in [2.24, 2.45) is 0 Å². The number of amidine groups is 1. The van der Waals surface area contributed by atoms with Gasteiger partial charge in [0.2, 0.25) is 0 Å². The van der Waals surface area contributed by atoms with Gasteiger partial charge in [0.25, 0.3) is 0 Å². The first-order chi connectivity index (χ1) is 9.60. The zero-order valence-electron chi connectivity index (χ0n) is 14.4. The molecule has 0 saturated heterocycles. The molecular formula is C15H28N4OP+. The molecule has 1 aromatic rings. The van der Waals surface area contributed by atoms with Gasteiger partial charge in [-0.2, -0.15) is 0 Å². The highest BCUT2D eigenvalue weighted by Crippen LogP contribution is 2.50. The van der Waals surface area contributed by atoms with Gasteiger partial charge < -0.3 is 0 Å². The van der Waals surface area contributed by atoms with Gasteiger partial charge in [0.1, 0.15) is 5.69 Å². The van der Waals surface area contributed by atoms with E-state index in [0.29, 0.717) is 5.58 Å². The Labute approximate surface area is 128 Å². The molecular weight excluding hydrogens is 283 g/mol. The molecule has 0 aliphatic rings. The van der Waals surface area contributed by atoms with Gasteiger partial charge in [0.05, 0.1) is 14.1 Å². The van der Waals surface area contributed by atoms with Crippen LogP contribution in [0.1, 0.15) is 11.1 Å². The fourth-order valence-electron chi connectivity index (χ4n) is 2.26. The van der Waals surface area contributed by atoms with Crippen LogP contribution in [-0.4, -0.2) is 61.8 Å². The number of nitrogens with zero attached hydrogens (tertiary/aromatic N) is 3. The van der Waals surface area contributed by atoms with Crippen molar-refractivity contribution in [2.45, 2.75) is 13.8 Å². The van der Waals surface area contributed by atoms with Gasteiger partial charge in [-0.3, -0.25) is 9.14 Å². The molecule has 0 aliphatic heterocycles. The molecule has 1 N–H and O–H groups in total. The number of hydrogen-bond donors (Lipinski definition) is 1. The second-order valence-electron chi connectivity index (χ2n) is 5.90. The van der Waals surface area contributed by atoms with Crippen molar-refractivity contribution < 1.29 is 9.14 Å². The number of rotatable bonds is 4. The van der Waals surface area contributed by atoms with Crippen LogP contribution in [0.2, 0.25) is 0 Å². The summed E-state index contributed by atoms with van der Waals surface area (Å²) in [5.74, 6) is 0.